The SMILES string of the molecule is COCCOCCOCCOc1ccc(C(=N)N)cc1F. The van der Waals surface area contributed by atoms with E-state index in [1.807, 2.05) is 0 Å². The van der Waals surface area contributed by atoms with Crippen LogP contribution in [0.25, 0.3) is 0 Å². The topological polar surface area (TPSA) is 86.8 Å². The molecule has 0 aliphatic heterocycles. The van der Waals surface area contributed by atoms with E-state index in [9.17, 15) is 4.39 Å². The van der Waals surface area contributed by atoms with E-state index in [2.05, 4.69) is 0 Å². The molecule has 0 atom stereocenters. The molecule has 118 valence electrons. The van der Waals surface area contributed by atoms with Gasteiger partial charge in [0.05, 0.1) is 33.0 Å². The van der Waals surface area contributed by atoms with Gasteiger partial charge in [-0.1, -0.05) is 0 Å². The highest BCUT2D eigenvalue weighted by Crippen LogP contribution is 2.17. The molecule has 1 rings (SSSR count). The van der Waals surface area contributed by atoms with E-state index >= 15 is 0 Å². The van der Waals surface area contributed by atoms with Gasteiger partial charge in [0.25, 0.3) is 0 Å². The van der Waals surface area contributed by atoms with Gasteiger partial charge in [0.2, 0.25) is 0 Å². The Kier molecular flexibility index (Phi) is 8.34. The number of amidine groups is 1. The molecule has 0 amide bonds. The van der Waals surface area contributed by atoms with Crippen molar-refractivity contribution in [1.82, 2.24) is 0 Å². The Morgan fingerprint density at radius 2 is 1.71 bits per heavy atom. The van der Waals surface area contributed by atoms with Crippen molar-refractivity contribution in [1.29, 1.82) is 5.41 Å². The van der Waals surface area contributed by atoms with Crippen LogP contribution >= 0.6 is 0 Å². The number of hydrogen-bond donors (Lipinski definition) is 2. The number of halogens is 1. The predicted octanol–water partition coefficient (Wildman–Crippen LogP) is 1.17. The molecule has 0 radical (unpaired) electrons. The molecule has 21 heavy (non-hydrogen) atoms. The number of ether oxygens (including phenoxy) is 4. The summed E-state index contributed by atoms with van der Waals surface area (Å²) < 4.78 is 34.2. The third-order valence-electron chi connectivity index (χ3n) is 2.53. The van der Waals surface area contributed by atoms with E-state index < -0.39 is 5.82 Å². The third kappa shape index (κ3) is 7.03. The van der Waals surface area contributed by atoms with E-state index in [0.29, 0.717) is 38.6 Å². The molecule has 0 aromatic heterocycles. The van der Waals surface area contributed by atoms with Gasteiger partial charge in [-0.05, 0) is 18.2 Å². The first-order valence-corrected chi connectivity index (χ1v) is 6.56. The van der Waals surface area contributed by atoms with Gasteiger partial charge in [-0.15, -0.1) is 0 Å². The lowest BCUT2D eigenvalue weighted by atomic mass is 10.2. The Morgan fingerprint density at radius 1 is 1.10 bits per heavy atom. The maximum absolute atomic E-state index is 13.6. The van der Waals surface area contributed by atoms with Crippen molar-refractivity contribution in [3.8, 4) is 5.75 Å². The molecule has 0 heterocycles. The highest BCUT2D eigenvalue weighted by Gasteiger charge is 2.06. The third-order valence-corrected chi connectivity index (χ3v) is 2.53. The number of nitrogen functional groups attached to an aromatic ring is 1. The molecular formula is C14H21FN2O4. The lowest BCUT2D eigenvalue weighted by Crippen LogP contribution is -2.13. The van der Waals surface area contributed by atoms with Crippen LogP contribution in [0, 0.1) is 11.2 Å². The minimum absolute atomic E-state index is 0.111. The van der Waals surface area contributed by atoms with Crippen LogP contribution in [0.4, 0.5) is 4.39 Å². The maximum Gasteiger partial charge on any atom is 0.165 e. The number of nitrogens with one attached hydrogen (secondary N) is 1. The van der Waals surface area contributed by atoms with E-state index in [0.717, 1.165) is 0 Å². The van der Waals surface area contributed by atoms with E-state index in [1.165, 1.54) is 18.2 Å². The number of nitrogens with two attached hydrogens (primary N) is 1. The zero-order valence-corrected chi connectivity index (χ0v) is 12.1. The Hall–Kier alpha value is -1.70. The van der Waals surface area contributed by atoms with Crippen LogP contribution in [0.5, 0.6) is 5.75 Å². The summed E-state index contributed by atoms with van der Waals surface area (Å²) in [7, 11) is 1.61. The van der Waals surface area contributed by atoms with E-state index in [-0.39, 0.29) is 18.2 Å². The summed E-state index contributed by atoms with van der Waals surface area (Å²) in [5, 5.41) is 7.21. The molecule has 3 N–H and O–H groups in total. The quantitative estimate of drug-likeness (QED) is 0.364. The Bertz CT molecular complexity index is 443. The van der Waals surface area contributed by atoms with Crippen LogP contribution in [0.2, 0.25) is 0 Å². The van der Waals surface area contributed by atoms with Crippen LogP contribution in [0.3, 0.4) is 0 Å². The summed E-state index contributed by atoms with van der Waals surface area (Å²) in [5.74, 6) is -0.622. The van der Waals surface area contributed by atoms with Gasteiger partial charge in [-0.25, -0.2) is 4.39 Å². The molecule has 0 aliphatic rings. The molecule has 1 aromatic carbocycles. The smallest absolute Gasteiger partial charge is 0.165 e. The van der Waals surface area contributed by atoms with Crippen molar-refractivity contribution in [2.45, 2.75) is 0 Å². The fourth-order valence-corrected chi connectivity index (χ4v) is 1.46. The summed E-state index contributed by atoms with van der Waals surface area (Å²) in [5.41, 5.74) is 5.59. The van der Waals surface area contributed by atoms with E-state index in [4.69, 9.17) is 30.1 Å². The second kappa shape index (κ2) is 10.1. The molecule has 0 aliphatic carbocycles. The summed E-state index contributed by atoms with van der Waals surface area (Å²) in [6.07, 6.45) is 0. The number of rotatable bonds is 11. The lowest BCUT2D eigenvalue weighted by Gasteiger charge is -2.09. The minimum atomic E-state index is -0.550. The van der Waals surface area contributed by atoms with Gasteiger partial charge in [-0.2, -0.15) is 0 Å². The van der Waals surface area contributed by atoms with Crippen molar-refractivity contribution in [3.63, 3.8) is 0 Å². The molecule has 0 fully saturated rings. The molecule has 6 nitrogen and oxygen atoms in total. The second-order valence-electron chi connectivity index (χ2n) is 4.12. The van der Waals surface area contributed by atoms with Gasteiger partial charge in [0, 0.05) is 12.7 Å². The first kappa shape index (κ1) is 17.4. The molecule has 0 saturated carbocycles. The zero-order valence-electron chi connectivity index (χ0n) is 12.1. The Labute approximate surface area is 123 Å². The minimum Gasteiger partial charge on any atom is -0.488 e. The fraction of sp³-hybridized carbons (Fsp3) is 0.500. The number of hydrogen-bond acceptors (Lipinski definition) is 5. The van der Waals surface area contributed by atoms with Crippen LogP contribution in [0.15, 0.2) is 18.2 Å². The van der Waals surface area contributed by atoms with Crippen molar-refractivity contribution in [2.75, 3.05) is 46.8 Å². The van der Waals surface area contributed by atoms with Gasteiger partial charge in [0.15, 0.2) is 11.6 Å². The van der Waals surface area contributed by atoms with Gasteiger partial charge < -0.3 is 24.7 Å². The Morgan fingerprint density at radius 3 is 2.29 bits per heavy atom. The number of methoxy groups -OCH3 is 1. The van der Waals surface area contributed by atoms with Gasteiger partial charge >= 0.3 is 0 Å². The number of benzene rings is 1. The van der Waals surface area contributed by atoms with E-state index in [1.54, 1.807) is 7.11 Å². The standard InChI is InChI=1S/C14H21FN2O4/c1-18-4-5-19-6-7-20-8-9-21-13-3-2-11(14(16)17)10-12(13)15/h2-3,10H,4-9H2,1H3,(H3,16,17). The molecule has 1 aromatic rings. The van der Waals surface area contributed by atoms with Crippen LogP contribution < -0.4 is 10.5 Å². The monoisotopic (exact) mass is 300 g/mol. The van der Waals surface area contributed by atoms with Crippen LogP contribution in [-0.4, -0.2) is 52.6 Å². The Balaban J connectivity index is 2.14. The van der Waals surface area contributed by atoms with Gasteiger partial charge in [-0.3, -0.25) is 5.41 Å². The normalized spacial score (nSPS) is 10.6. The van der Waals surface area contributed by atoms with Crippen molar-refractivity contribution < 1.29 is 23.3 Å². The average molecular weight is 300 g/mol. The molecule has 0 spiro atoms. The van der Waals surface area contributed by atoms with Crippen LogP contribution in [-0.2, 0) is 14.2 Å². The average Bonchev–Trinajstić information content (AvgIpc) is 2.46. The molecule has 0 saturated heterocycles. The van der Waals surface area contributed by atoms with Crippen molar-refractivity contribution in [3.05, 3.63) is 29.6 Å². The molecule has 7 heteroatoms. The molecular weight excluding hydrogens is 279 g/mol. The summed E-state index contributed by atoms with van der Waals surface area (Å²) in [4.78, 5) is 0. The van der Waals surface area contributed by atoms with Crippen LogP contribution in [0.1, 0.15) is 5.56 Å². The maximum atomic E-state index is 13.6. The molecule has 0 bridgehead atoms. The fourth-order valence-electron chi connectivity index (χ4n) is 1.46. The second-order valence-corrected chi connectivity index (χ2v) is 4.12. The van der Waals surface area contributed by atoms with Gasteiger partial charge in [0.1, 0.15) is 12.4 Å². The lowest BCUT2D eigenvalue weighted by molar-refractivity contribution is 0.0177. The van der Waals surface area contributed by atoms with Crippen molar-refractivity contribution >= 4 is 5.84 Å². The largest absolute Gasteiger partial charge is 0.488 e. The highest BCUT2D eigenvalue weighted by molar-refractivity contribution is 5.95. The summed E-state index contributed by atoms with van der Waals surface area (Å²) in [6.45, 7) is 2.57. The summed E-state index contributed by atoms with van der Waals surface area (Å²) in [6, 6.07) is 4.15. The highest BCUT2D eigenvalue weighted by atomic mass is 19.1. The first-order chi connectivity index (χ1) is 10.1. The van der Waals surface area contributed by atoms with Crippen molar-refractivity contribution in [2.24, 2.45) is 5.73 Å². The predicted molar refractivity (Wildman–Crippen MR) is 76.4 cm³/mol. The zero-order chi connectivity index (χ0) is 15.5. The summed E-state index contributed by atoms with van der Waals surface area (Å²) >= 11 is 0. The molecule has 0 unspecified atom stereocenters. The first-order valence-electron chi connectivity index (χ1n) is 6.56.